The van der Waals surface area contributed by atoms with Crippen molar-refractivity contribution < 1.29 is 18.6 Å². The van der Waals surface area contributed by atoms with Crippen molar-refractivity contribution in [3.8, 4) is 0 Å². The zero-order chi connectivity index (χ0) is 13.0. The van der Waals surface area contributed by atoms with Crippen LogP contribution in [0.2, 0.25) is 0 Å². The summed E-state index contributed by atoms with van der Waals surface area (Å²) in [6, 6.07) is 3.79. The summed E-state index contributed by atoms with van der Waals surface area (Å²) in [6.45, 7) is 0.602. The van der Waals surface area contributed by atoms with Crippen LogP contribution in [0.5, 0.6) is 0 Å². The van der Waals surface area contributed by atoms with Crippen LogP contribution < -0.4 is 0 Å². The summed E-state index contributed by atoms with van der Waals surface area (Å²) in [6.07, 6.45) is 3.67. The molecule has 0 amide bonds. The van der Waals surface area contributed by atoms with Crippen molar-refractivity contribution in [3.05, 3.63) is 35.4 Å². The van der Waals surface area contributed by atoms with Gasteiger partial charge in [0.1, 0.15) is 6.10 Å². The molecule has 1 atom stereocenters. The van der Waals surface area contributed by atoms with Gasteiger partial charge in [-0.3, -0.25) is 0 Å². The van der Waals surface area contributed by atoms with Gasteiger partial charge in [0.2, 0.25) is 0 Å². The van der Waals surface area contributed by atoms with E-state index in [-0.39, 0.29) is 12.2 Å². The first-order valence-corrected chi connectivity index (χ1v) is 6.38. The standard InChI is InChI=1S/C14H18F2O2/c15-12-7-3-6-11(14(12)16)13(17)9-18-8-10-4-1-2-5-10/h3,6-7,10,13,17H,1-2,4-5,8-9H2. The van der Waals surface area contributed by atoms with Crippen LogP contribution in [0.15, 0.2) is 18.2 Å². The molecule has 100 valence electrons. The zero-order valence-electron chi connectivity index (χ0n) is 10.2. The molecule has 1 aromatic rings. The molecule has 1 fully saturated rings. The number of rotatable bonds is 5. The van der Waals surface area contributed by atoms with Gasteiger partial charge in [0.25, 0.3) is 0 Å². The summed E-state index contributed by atoms with van der Waals surface area (Å²) in [5, 5.41) is 9.77. The highest BCUT2D eigenvalue weighted by Gasteiger charge is 2.18. The van der Waals surface area contributed by atoms with E-state index >= 15 is 0 Å². The molecule has 0 heterocycles. The summed E-state index contributed by atoms with van der Waals surface area (Å²) < 4.78 is 31.8. The van der Waals surface area contributed by atoms with E-state index in [1.54, 1.807) is 0 Å². The Balaban J connectivity index is 1.83. The zero-order valence-corrected chi connectivity index (χ0v) is 10.2. The average Bonchev–Trinajstić information content (AvgIpc) is 2.85. The first kappa shape index (κ1) is 13.4. The molecule has 0 radical (unpaired) electrons. The quantitative estimate of drug-likeness (QED) is 0.876. The molecule has 0 bridgehead atoms. The van der Waals surface area contributed by atoms with Crippen molar-refractivity contribution in [2.75, 3.05) is 13.2 Å². The summed E-state index contributed by atoms with van der Waals surface area (Å²) in [5.74, 6) is -1.38. The minimum absolute atomic E-state index is 0.0108. The van der Waals surface area contributed by atoms with E-state index in [2.05, 4.69) is 0 Å². The molecule has 1 saturated carbocycles. The normalized spacial score (nSPS) is 18.2. The van der Waals surface area contributed by atoms with E-state index in [9.17, 15) is 13.9 Å². The van der Waals surface area contributed by atoms with Crippen LogP contribution in [-0.2, 0) is 4.74 Å². The molecule has 4 heteroatoms. The number of benzene rings is 1. The lowest BCUT2D eigenvalue weighted by Crippen LogP contribution is -2.13. The van der Waals surface area contributed by atoms with Gasteiger partial charge in [-0.05, 0) is 24.8 Å². The highest BCUT2D eigenvalue weighted by atomic mass is 19.2. The highest BCUT2D eigenvalue weighted by molar-refractivity contribution is 5.21. The Bertz CT molecular complexity index is 389. The first-order valence-electron chi connectivity index (χ1n) is 6.38. The topological polar surface area (TPSA) is 29.5 Å². The summed E-state index contributed by atoms with van der Waals surface area (Å²) in [7, 11) is 0. The first-order chi connectivity index (χ1) is 8.68. The van der Waals surface area contributed by atoms with Crippen LogP contribution in [0.4, 0.5) is 8.78 Å². The van der Waals surface area contributed by atoms with E-state index in [1.807, 2.05) is 0 Å². The third kappa shape index (κ3) is 3.27. The van der Waals surface area contributed by atoms with Crippen molar-refractivity contribution in [1.29, 1.82) is 0 Å². The maximum atomic E-state index is 13.4. The van der Waals surface area contributed by atoms with Crippen LogP contribution in [-0.4, -0.2) is 18.3 Å². The molecule has 0 spiro atoms. The van der Waals surface area contributed by atoms with Gasteiger partial charge in [0.05, 0.1) is 6.61 Å². The predicted octanol–water partition coefficient (Wildman–Crippen LogP) is 3.21. The number of ether oxygens (including phenoxy) is 1. The van der Waals surface area contributed by atoms with Crippen molar-refractivity contribution in [3.63, 3.8) is 0 Å². The second-order valence-electron chi connectivity index (χ2n) is 4.85. The maximum absolute atomic E-state index is 13.4. The van der Waals surface area contributed by atoms with Gasteiger partial charge >= 0.3 is 0 Å². The van der Waals surface area contributed by atoms with Gasteiger partial charge in [-0.15, -0.1) is 0 Å². The third-order valence-corrected chi connectivity index (χ3v) is 3.44. The fraction of sp³-hybridized carbons (Fsp3) is 0.571. The molecule has 1 aliphatic carbocycles. The number of aliphatic hydroxyl groups is 1. The van der Waals surface area contributed by atoms with Crippen LogP contribution in [0, 0.1) is 17.6 Å². The van der Waals surface area contributed by atoms with Crippen LogP contribution in [0.3, 0.4) is 0 Å². The Morgan fingerprint density at radius 2 is 2.00 bits per heavy atom. The molecular formula is C14H18F2O2. The minimum atomic E-state index is -1.11. The molecule has 0 aliphatic heterocycles. The lowest BCUT2D eigenvalue weighted by atomic mass is 10.1. The van der Waals surface area contributed by atoms with Crippen molar-refractivity contribution in [1.82, 2.24) is 0 Å². The Hall–Kier alpha value is -1.00. The minimum Gasteiger partial charge on any atom is -0.386 e. The van der Waals surface area contributed by atoms with Gasteiger partial charge < -0.3 is 9.84 Å². The summed E-state index contributed by atoms with van der Waals surface area (Å²) in [4.78, 5) is 0. The van der Waals surface area contributed by atoms with Gasteiger partial charge in [0.15, 0.2) is 11.6 Å². The van der Waals surface area contributed by atoms with Crippen LogP contribution in [0.25, 0.3) is 0 Å². The molecule has 1 unspecified atom stereocenters. The number of halogens is 2. The number of hydrogen-bond acceptors (Lipinski definition) is 2. The summed E-state index contributed by atoms with van der Waals surface area (Å²) >= 11 is 0. The fourth-order valence-electron chi connectivity index (χ4n) is 2.39. The summed E-state index contributed by atoms with van der Waals surface area (Å²) in [5.41, 5.74) is -0.0404. The van der Waals surface area contributed by atoms with Gasteiger partial charge in [0, 0.05) is 12.2 Å². The highest BCUT2D eigenvalue weighted by Crippen LogP contribution is 2.25. The monoisotopic (exact) mass is 256 g/mol. The second-order valence-corrected chi connectivity index (χ2v) is 4.85. The number of aliphatic hydroxyl groups excluding tert-OH is 1. The average molecular weight is 256 g/mol. The van der Waals surface area contributed by atoms with Crippen LogP contribution >= 0.6 is 0 Å². The Kier molecular flexibility index (Phi) is 4.66. The molecule has 0 saturated heterocycles. The van der Waals surface area contributed by atoms with E-state index in [0.717, 1.165) is 18.9 Å². The predicted molar refractivity (Wildman–Crippen MR) is 64.1 cm³/mol. The third-order valence-electron chi connectivity index (χ3n) is 3.44. The molecule has 1 aliphatic rings. The van der Waals surface area contributed by atoms with Crippen molar-refractivity contribution in [2.45, 2.75) is 31.8 Å². The van der Waals surface area contributed by atoms with E-state index in [1.165, 1.54) is 25.0 Å². The molecular weight excluding hydrogens is 238 g/mol. The van der Waals surface area contributed by atoms with Crippen molar-refractivity contribution in [2.24, 2.45) is 5.92 Å². The van der Waals surface area contributed by atoms with Gasteiger partial charge in [-0.2, -0.15) is 0 Å². The van der Waals surface area contributed by atoms with E-state index < -0.39 is 17.7 Å². The Labute approximate surface area is 106 Å². The number of hydrogen-bond donors (Lipinski definition) is 1. The molecule has 2 rings (SSSR count). The smallest absolute Gasteiger partial charge is 0.164 e. The second kappa shape index (κ2) is 6.25. The van der Waals surface area contributed by atoms with Gasteiger partial charge in [-0.25, -0.2) is 8.78 Å². The van der Waals surface area contributed by atoms with E-state index in [4.69, 9.17) is 4.74 Å². The largest absolute Gasteiger partial charge is 0.386 e. The molecule has 18 heavy (non-hydrogen) atoms. The molecule has 0 aromatic heterocycles. The fourth-order valence-corrected chi connectivity index (χ4v) is 2.39. The van der Waals surface area contributed by atoms with E-state index in [0.29, 0.717) is 12.5 Å². The molecule has 1 aromatic carbocycles. The van der Waals surface area contributed by atoms with Gasteiger partial charge in [-0.1, -0.05) is 25.0 Å². The lowest BCUT2D eigenvalue weighted by molar-refractivity contribution is 0.0194. The molecule has 1 N–H and O–H groups in total. The Morgan fingerprint density at radius 1 is 1.28 bits per heavy atom. The molecule has 2 nitrogen and oxygen atoms in total. The Morgan fingerprint density at radius 3 is 2.72 bits per heavy atom. The maximum Gasteiger partial charge on any atom is 0.164 e. The SMILES string of the molecule is OC(COCC1CCCC1)c1cccc(F)c1F. The van der Waals surface area contributed by atoms with Crippen molar-refractivity contribution >= 4 is 0 Å². The lowest BCUT2D eigenvalue weighted by Gasteiger charge is -2.15. The van der Waals surface area contributed by atoms with Crippen LogP contribution in [0.1, 0.15) is 37.4 Å².